The summed E-state index contributed by atoms with van der Waals surface area (Å²) in [5.74, 6) is 0.891. The van der Waals surface area contributed by atoms with E-state index in [0.29, 0.717) is 0 Å². The zero-order valence-electron chi connectivity index (χ0n) is 11.1. The summed E-state index contributed by atoms with van der Waals surface area (Å²) in [5.41, 5.74) is 3.25. The first kappa shape index (κ1) is 11.7. The van der Waals surface area contributed by atoms with Crippen molar-refractivity contribution in [1.29, 1.82) is 0 Å². The highest BCUT2D eigenvalue weighted by Crippen LogP contribution is 2.15. The van der Waals surface area contributed by atoms with E-state index in [2.05, 4.69) is 27.5 Å². The van der Waals surface area contributed by atoms with Crippen LogP contribution >= 0.6 is 0 Å². The van der Waals surface area contributed by atoms with E-state index in [1.165, 1.54) is 5.56 Å². The van der Waals surface area contributed by atoms with Crippen LogP contribution in [0.25, 0.3) is 10.9 Å². The number of rotatable bonds is 3. The molecule has 0 amide bonds. The Morgan fingerprint density at radius 3 is 2.79 bits per heavy atom. The number of nitrogens with one attached hydrogen (secondary N) is 1. The molecule has 96 valence electrons. The number of hydrogen-bond acceptors (Lipinski definition) is 3. The van der Waals surface area contributed by atoms with Crippen molar-refractivity contribution in [1.82, 2.24) is 14.8 Å². The van der Waals surface area contributed by atoms with Gasteiger partial charge in [-0.1, -0.05) is 18.2 Å². The summed E-state index contributed by atoms with van der Waals surface area (Å²) in [6.07, 6.45) is 2.03. The van der Waals surface area contributed by atoms with E-state index in [1.807, 2.05) is 49.1 Å². The van der Waals surface area contributed by atoms with Crippen LogP contribution in [0.2, 0.25) is 0 Å². The van der Waals surface area contributed by atoms with Crippen molar-refractivity contribution in [3.63, 3.8) is 0 Å². The van der Waals surface area contributed by atoms with Gasteiger partial charge in [0.15, 0.2) is 0 Å². The van der Waals surface area contributed by atoms with Crippen molar-refractivity contribution in [2.75, 3.05) is 5.32 Å². The van der Waals surface area contributed by atoms with Gasteiger partial charge in [0, 0.05) is 30.7 Å². The van der Waals surface area contributed by atoms with Gasteiger partial charge in [0.1, 0.15) is 5.82 Å². The highest BCUT2D eigenvalue weighted by atomic mass is 15.3. The number of benzene rings is 1. The molecule has 0 saturated carbocycles. The smallest absolute Gasteiger partial charge is 0.126 e. The van der Waals surface area contributed by atoms with Crippen LogP contribution in [0.5, 0.6) is 0 Å². The molecule has 0 radical (unpaired) electrons. The normalized spacial score (nSPS) is 10.8. The van der Waals surface area contributed by atoms with Gasteiger partial charge >= 0.3 is 0 Å². The molecule has 1 aromatic carbocycles. The Balaban J connectivity index is 1.80. The number of fused-ring (bicyclic) bond motifs is 1. The SMILES string of the molecule is Cc1nn(C)cc1CNc1ccc2ccccc2n1. The van der Waals surface area contributed by atoms with Gasteiger partial charge in [-0.3, -0.25) is 4.68 Å². The fourth-order valence-corrected chi connectivity index (χ4v) is 2.17. The number of para-hydroxylation sites is 1. The molecule has 0 aliphatic carbocycles. The van der Waals surface area contributed by atoms with Gasteiger partial charge in [0.05, 0.1) is 11.2 Å². The Bertz CT molecular complexity index is 715. The van der Waals surface area contributed by atoms with Gasteiger partial charge in [-0.2, -0.15) is 5.10 Å². The van der Waals surface area contributed by atoms with Crippen molar-refractivity contribution in [2.45, 2.75) is 13.5 Å². The maximum absolute atomic E-state index is 4.59. The summed E-state index contributed by atoms with van der Waals surface area (Å²) >= 11 is 0. The molecule has 0 aliphatic heterocycles. The van der Waals surface area contributed by atoms with Crippen LogP contribution in [0, 0.1) is 6.92 Å². The molecule has 19 heavy (non-hydrogen) atoms. The van der Waals surface area contributed by atoms with Crippen LogP contribution in [0.4, 0.5) is 5.82 Å². The number of nitrogens with zero attached hydrogens (tertiary/aromatic N) is 3. The zero-order chi connectivity index (χ0) is 13.2. The second kappa shape index (κ2) is 4.72. The van der Waals surface area contributed by atoms with E-state index in [1.54, 1.807) is 0 Å². The minimum absolute atomic E-state index is 0.741. The van der Waals surface area contributed by atoms with Gasteiger partial charge < -0.3 is 5.32 Å². The van der Waals surface area contributed by atoms with Crippen LogP contribution < -0.4 is 5.32 Å². The largest absolute Gasteiger partial charge is 0.366 e. The van der Waals surface area contributed by atoms with Gasteiger partial charge in [0.2, 0.25) is 0 Å². The average molecular weight is 252 g/mol. The molecule has 4 heteroatoms. The monoisotopic (exact) mass is 252 g/mol. The summed E-state index contributed by atoms with van der Waals surface area (Å²) in [6.45, 7) is 2.76. The number of hydrogen-bond donors (Lipinski definition) is 1. The summed E-state index contributed by atoms with van der Waals surface area (Å²) < 4.78 is 1.83. The van der Waals surface area contributed by atoms with Crippen molar-refractivity contribution >= 4 is 16.7 Å². The van der Waals surface area contributed by atoms with Crippen LogP contribution in [-0.2, 0) is 13.6 Å². The Hall–Kier alpha value is -2.36. The minimum Gasteiger partial charge on any atom is -0.366 e. The second-order valence-corrected chi connectivity index (χ2v) is 4.66. The second-order valence-electron chi connectivity index (χ2n) is 4.66. The molecule has 0 fully saturated rings. The minimum atomic E-state index is 0.741. The highest BCUT2D eigenvalue weighted by Gasteiger charge is 2.03. The van der Waals surface area contributed by atoms with Crippen LogP contribution in [0.3, 0.4) is 0 Å². The molecular formula is C15H16N4. The number of aromatic nitrogens is 3. The summed E-state index contributed by atoms with van der Waals surface area (Å²) in [5, 5.41) is 8.83. The Morgan fingerprint density at radius 1 is 1.16 bits per heavy atom. The van der Waals surface area contributed by atoms with Gasteiger partial charge in [-0.15, -0.1) is 0 Å². The van der Waals surface area contributed by atoms with E-state index in [9.17, 15) is 0 Å². The van der Waals surface area contributed by atoms with E-state index in [4.69, 9.17) is 0 Å². The first-order chi connectivity index (χ1) is 9.22. The lowest BCUT2D eigenvalue weighted by molar-refractivity contribution is 0.756. The molecule has 3 aromatic rings. The van der Waals surface area contributed by atoms with Crippen LogP contribution in [-0.4, -0.2) is 14.8 Å². The highest BCUT2D eigenvalue weighted by molar-refractivity contribution is 5.80. The Labute approximate surface area is 112 Å². The molecule has 0 spiro atoms. The molecule has 2 heterocycles. The average Bonchev–Trinajstić information content (AvgIpc) is 2.74. The van der Waals surface area contributed by atoms with E-state index in [0.717, 1.165) is 29.0 Å². The fourth-order valence-electron chi connectivity index (χ4n) is 2.17. The lowest BCUT2D eigenvalue weighted by Gasteiger charge is -2.05. The molecule has 0 atom stereocenters. The van der Waals surface area contributed by atoms with Crippen molar-refractivity contribution < 1.29 is 0 Å². The van der Waals surface area contributed by atoms with Crippen molar-refractivity contribution in [2.24, 2.45) is 7.05 Å². The van der Waals surface area contributed by atoms with Gasteiger partial charge in [-0.25, -0.2) is 4.98 Å². The van der Waals surface area contributed by atoms with E-state index < -0.39 is 0 Å². The van der Waals surface area contributed by atoms with Crippen molar-refractivity contribution in [3.8, 4) is 0 Å². The number of aryl methyl sites for hydroxylation is 2. The quantitative estimate of drug-likeness (QED) is 0.779. The predicted molar refractivity (Wildman–Crippen MR) is 77.0 cm³/mol. The van der Waals surface area contributed by atoms with Crippen LogP contribution in [0.1, 0.15) is 11.3 Å². The van der Waals surface area contributed by atoms with Crippen molar-refractivity contribution in [3.05, 3.63) is 53.9 Å². The molecule has 0 saturated heterocycles. The summed E-state index contributed by atoms with van der Waals surface area (Å²) in [4.78, 5) is 4.59. The molecule has 1 N–H and O–H groups in total. The van der Waals surface area contributed by atoms with Gasteiger partial charge in [-0.05, 0) is 25.1 Å². The van der Waals surface area contributed by atoms with E-state index in [-0.39, 0.29) is 0 Å². The first-order valence-corrected chi connectivity index (χ1v) is 6.31. The van der Waals surface area contributed by atoms with Gasteiger partial charge in [0.25, 0.3) is 0 Å². The number of anilines is 1. The standard InChI is InChI=1S/C15H16N4/c1-11-13(10-19(2)18-11)9-16-15-8-7-12-5-3-4-6-14(12)17-15/h3-8,10H,9H2,1-2H3,(H,16,17). The maximum atomic E-state index is 4.59. The lowest BCUT2D eigenvalue weighted by Crippen LogP contribution is -2.01. The molecular weight excluding hydrogens is 236 g/mol. The molecule has 0 unspecified atom stereocenters. The van der Waals surface area contributed by atoms with E-state index >= 15 is 0 Å². The Morgan fingerprint density at radius 2 is 2.00 bits per heavy atom. The van der Waals surface area contributed by atoms with Crippen LogP contribution in [0.15, 0.2) is 42.6 Å². The summed E-state index contributed by atoms with van der Waals surface area (Å²) in [7, 11) is 1.94. The predicted octanol–water partition coefficient (Wildman–Crippen LogP) is 2.89. The first-order valence-electron chi connectivity index (χ1n) is 6.31. The third-order valence-corrected chi connectivity index (χ3v) is 3.17. The third-order valence-electron chi connectivity index (χ3n) is 3.17. The molecule has 3 rings (SSSR count). The number of pyridine rings is 1. The fraction of sp³-hybridized carbons (Fsp3) is 0.200. The molecule has 0 bridgehead atoms. The third kappa shape index (κ3) is 2.42. The summed E-state index contributed by atoms with van der Waals surface area (Å²) in [6, 6.07) is 12.2. The zero-order valence-corrected chi connectivity index (χ0v) is 11.1. The molecule has 4 nitrogen and oxygen atoms in total. The molecule has 2 aromatic heterocycles. The topological polar surface area (TPSA) is 42.7 Å². The molecule has 0 aliphatic rings. The lowest BCUT2D eigenvalue weighted by atomic mass is 10.2. The maximum Gasteiger partial charge on any atom is 0.126 e. The Kier molecular flexibility index (Phi) is 2.91.